The number of ketones is 1. The Morgan fingerprint density at radius 2 is 1.85 bits per heavy atom. The summed E-state index contributed by atoms with van der Waals surface area (Å²) in [6.07, 6.45) is 0.408. The van der Waals surface area contributed by atoms with Gasteiger partial charge in [0.2, 0.25) is 0 Å². The van der Waals surface area contributed by atoms with Gasteiger partial charge in [-0.25, -0.2) is 9.48 Å². The fourth-order valence-corrected chi connectivity index (χ4v) is 3.79. The van der Waals surface area contributed by atoms with Gasteiger partial charge in [0.05, 0.1) is 10.9 Å². The van der Waals surface area contributed by atoms with Crippen LogP contribution in [0.25, 0.3) is 10.8 Å². The fourth-order valence-electron chi connectivity index (χ4n) is 3.79. The number of carbonyl (C=O) groups excluding carboxylic acids is 2. The molecule has 1 aliphatic carbocycles. The Morgan fingerprint density at radius 3 is 2.59 bits per heavy atom. The number of hydrogen-bond acceptors (Lipinski definition) is 5. The van der Waals surface area contributed by atoms with E-state index in [9.17, 15) is 14.4 Å². The molecular formula is C21H18N2O4. The van der Waals surface area contributed by atoms with Gasteiger partial charge >= 0.3 is 5.97 Å². The van der Waals surface area contributed by atoms with Crippen molar-refractivity contribution in [2.45, 2.75) is 26.2 Å². The van der Waals surface area contributed by atoms with E-state index in [4.69, 9.17) is 4.74 Å². The van der Waals surface area contributed by atoms with E-state index in [-0.39, 0.29) is 28.7 Å². The first kappa shape index (κ1) is 17.1. The SMILES string of the molecule is Cc1ccc(OC(=O)c2nn(C)c(=O)c3ccccc23)c2c1[C@H](C)CC2=O. The topological polar surface area (TPSA) is 78.3 Å². The lowest BCUT2D eigenvalue weighted by Gasteiger charge is -2.13. The van der Waals surface area contributed by atoms with Gasteiger partial charge in [-0.3, -0.25) is 9.59 Å². The summed E-state index contributed by atoms with van der Waals surface area (Å²) in [6.45, 7) is 3.94. The number of ether oxygens (including phenoxy) is 1. The van der Waals surface area contributed by atoms with Crippen molar-refractivity contribution in [3.8, 4) is 5.75 Å². The van der Waals surface area contributed by atoms with Gasteiger partial charge in [-0.05, 0) is 36.1 Å². The number of rotatable bonds is 2. The Bertz CT molecular complexity index is 1180. The third-order valence-corrected chi connectivity index (χ3v) is 5.04. The summed E-state index contributed by atoms with van der Waals surface area (Å²) in [5.41, 5.74) is 2.17. The minimum atomic E-state index is -0.694. The Labute approximate surface area is 155 Å². The standard InChI is InChI=1S/C21H18N2O4/c1-11-8-9-16(18-15(24)10-12(2)17(11)18)27-21(26)19-13-6-4-5-7-14(13)20(25)23(3)22-19/h4-9,12H,10H2,1-3H3/t12-/m1/s1. The van der Waals surface area contributed by atoms with E-state index in [1.807, 2.05) is 19.9 Å². The van der Waals surface area contributed by atoms with Crippen LogP contribution in [-0.4, -0.2) is 21.5 Å². The normalized spacial score (nSPS) is 15.8. The largest absolute Gasteiger partial charge is 0.421 e. The monoisotopic (exact) mass is 362 g/mol. The lowest BCUT2D eigenvalue weighted by molar-refractivity contribution is 0.0726. The molecule has 0 radical (unpaired) electrons. The molecule has 3 aromatic rings. The number of esters is 1. The average Bonchev–Trinajstić information content (AvgIpc) is 2.96. The average molecular weight is 362 g/mol. The van der Waals surface area contributed by atoms with Crippen molar-refractivity contribution in [3.63, 3.8) is 0 Å². The van der Waals surface area contributed by atoms with E-state index in [0.29, 0.717) is 22.8 Å². The summed E-state index contributed by atoms with van der Waals surface area (Å²) in [5.74, 6) is -0.375. The summed E-state index contributed by atoms with van der Waals surface area (Å²) in [6, 6.07) is 10.3. The highest BCUT2D eigenvalue weighted by molar-refractivity contribution is 6.07. The fraction of sp³-hybridized carbons (Fsp3) is 0.238. The van der Waals surface area contributed by atoms with Gasteiger partial charge in [-0.1, -0.05) is 31.2 Å². The maximum Gasteiger partial charge on any atom is 0.364 e. The highest BCUT2D eigenvalue weighted by Gasteiger charge is 2.32. The molecule has 0 saturated heterocycles. The molecule has 1 heterocycles. The molecule has 6 nitrogen and oxygen atoms in total. The molecule has 0 bridgehead atoms. The number of fused-ring (bicyclic) bond motifs is 2. The van der Waals surface area contributed by atoms with Gasteiger partial charge in [0, 0.05) is 18.9 Å². The lowest BCUT2D eigenvalue weighted by atomic mass is 9.97. The molecule has 136 valence electrons. The summed E-state index contributed by atoms with van der Waals surface area (Å²) in [4.78, 5) is 37.5. The van der Waals surface area contributed by atoms with E-state index < -0.39 is 5.97 Å². The predicted molar refractivity (Wildman–Crippen MR) is 100 cm³/mol. The second-order valence-corrected chi connectivity index (χ2v) is 6.91. The van der Waals surface area contributed by atoms with Gasteiger partial charge < -0.3 is 4.74 Å². The minimum Gasteiger partial charge on any atom is -0.421 e. The Kier molecular flexibility index (Phi) is 3.91. The van der Waals surface area contributed by atoms with Crippen molar-refractivity contribution < 1.29 is 14.3 Å². The van der Waals surface area contributed by atoms with Crippen molar-refractivity contribution in [2.24, 2.45) is 7.05 Å². The third-order valence-electron chi connectivity index (χ3n) is 5.04. The van der Waals surface area contributed by atoms with Gasteiger partial charge in [-0.15, -0.1) is 0 Å². The smallest absolute Gasteiger partial charge is 0.364 e. The molecule has 1 aromatic heterocycles. The van der Waals surface area contributed by atoms with E-state index >= 15 is 0 Å². The van der Waals surface area contributed by atoms with Crippen LogP contribution in [0.5, 0.6) is 5.75 Å². The van der Waals surface area contributed by atoms with E-state index in [0.717, 1.165) is 15.8 Å². The Balaban J connectivity index is 1.82. The molecule has 1 atom stereocenters. The molecule has 0 spiro atoms. The molecule has 0 amide bonds. The highest BCUT2D eigenvalue weighted by atomic mass is 16.5. The van der Waals surface area contributed by atoms with Crippen LogP contribution in [0.15, 0.2) is 41.2 Å². The van der Waals surface area contributed by atoms with Crippen molar-refractivity contribution >= 4 is 22.5 Å². The second-order valence-electron chi connectivity index (χ2n) is 6.91. The number of Topliss-reactive ketones (excluding diaryl/α,β-unsaturated/α-hetero) is 1. The van der Waals surface area contributed by atoms with Crippen LogP contribution in [0.4, 0.5) is 0 Å². The number of aromatic nitrogens is 2. The van der Waals surface area contributed by atoms with Crippen LogP contribution in [0.3, 0.4) is 0 Å². The Hall–Kier alpha value is -3.28. The number of aryl methyl sites for hydroxylation is 2. The maximum atomic E-state index is 12.9. The van der Waals surface area contributed by atoms with Gasteiger partial charge in [0.25, 0.3) is 5.56 Å². The molecule has 0 saturated carbocycles. The zero-order valence-corrected chi connectivity index (χ0v) is 15.3. The summed E-state index contributed by atoms with van der Waals surface area (Å²) < 4.78 is 6.70. The van der Waals surface area contributed by atoms with E-state index in [1.165, 1.54) is 7.05 Å². The van der Waals surface area contributed by atoms with Gasteiger partial charge in [0.1, 0.15) is 5.75 Å². The highest BCUT2D eigenvalue weighted by Crippen LogP contribution is 2.40. The summed E-state index contributed by atoms with van der Waals surface area (Å²) >= 11 is 0. The van der Waals surface area contributed by atoms with Crippen molar-refractivity contribution in [2.75, 3.05) is 0 Å². The van der Waals surface area contributed by atoms with Crippen LogP contribution in [0, 0.1) is 6.92 Å². The first-order chi connectivity index (χ1) is 12.9. The van der Waals surface area contributed by atoms with E-state index in [1.54, 1.807) is 30.3 Å². The van der Waals surface area contributed by atoms with Crippen molar-refractivity contribution in [1.29, 1.82) is 0 Å². The molecule has 6 heteroatoms. The van der Waals surface area contributed by atoms with Crippen molar-refractivity contribution in [1.82, 2.24) is 9.78 Å². The minimum absolute atomic E-state index is 0.0257. The molecule has 0 N–H and O–H groups in total. The number of nitrogens with zero attached hydrogens (tertiary/aromatic N) is 2. The molecular weight excluding hydrogens is 344 g/mol. The summed E-state index contributed by atoms with van der Waals surface area (Å²) in [7, 11) is 1.49. The first-order valence-electron chi connectivity index (χ1n) is 8.73. The lowest BCUT2D eigenvalue weighted by Crippen LogP contribution is -2.24. The quantitative estimate of drug-likeness (QED) is 0.517. The second kappa shape index (κ2) is 6.16. The zero-order chi connectivity index (χ0) is 19.3. The first-order valence-corrected chi connectivity index (χ1v) is 8.73. The third kappa shape index (κ3) is 2.65. The maximum absolute atomic E-state index is 12.9. The van der Waals surface area contributed by atoms with Gasteiger partial charge in [-0.2, -0.15) is 5.10 Å². The molecule has 0 aliphatic heterocycles. The molecule has 1 aliphatic rings. The van der Waals surface area contributed by atoms with Gasteiger partial charge in [0.15, 0.2) is 11.5 Å². The summed E-state index contributed by atoms with van der Waals surface area (Å²) in [5, 5.41) is 4.90. The number of carbonyl (C=O) groups is 2. The van der Waals surface area contributed by atoms with Crippen LogP contribution in [-0.2, 0) is 7.05 Å². The van der Waals surface area contributed by atoms with Crippen LogP contribution in [0.1, 0.15) is 51.2 Å². The number of benzene rings is 2. The Morgan fingerprint density at radius 1 is 1.15 bits per heavy atom. The molecule has 0 unspecified atom stereocenters. The molecule has 2 aromatic carbocycles. The van der Waals surface area contributed by atoms with Crippen molar-refractivity contribution in [3.05, 3.63) is 69.1 Å². The zero-order valence-electron chi connectivity index (χ0n) is 15.3. The van der Waals surface area contributed by atoms with E-state index in [2.05, 4.69) is 5.10 Å². The predicted octanol–water partition coefficient (Wildman–Crippen LogP) is 3.15. The van der Waals surface area contributed by atoms with Crippen LogP contribution in [0.2, 0.25) is 0 Å². The van der Waals surface area contributed by atoms with Crippen LogP contribution < -0.4 is 10.3 Å². The molecule has 4 rings (SSSR count). The molecule has 27 heavy (non-hydrogen) atoms. The van der Waals surface area contributed by atoms with Crippen LogP contribution >= 0.6 is 0 Å². The number of hydrogen-bond donors (Lipinski definition) is 0. The molecule has 0 fully saturated rings.